The lowest BCUT2D eigenvalue weighted by atomic mass is 10.1. The third-order valence-corrected chi connectivity index (χ3v) is 5.14. The minimum Gasteiger partial charge on any atom is -0.497 e. The molecule has 0 atom stereocenters. The number of aryl methyl sites for hydroxylation is 1. The summed E-state index contributed by atoms with van der Waals surface area (Å²) in [4.78, 5) is 23.8. The number of pyridine rings is 1. The number of anilines is 1. The van der Waals surface area contributed by atoms with Crippen LogP contribution in [0.4, 0.5) is 5.69 Å². The van der Waals surface area contributed by atoms with Crippen molar-refractivity contribution in [1.82, 2.24) is 14.5 Å². The normalized spacial score (nSPS) is 10.6. The van der Waals surface area contributed by atoms with Gasteiger partial charge in [0.15, 0.2) is 0 Å². The van der Waals surface area contributed by atoms with Crippen LogP contribution in [0.25, 0.3) is 0 Å². The quantitative estimate of drug-likeness (QED) is 0.449. The molecule has 2 aromatic carbocycles. The SMILES string of the molecule is COc1ccc(N(Cc2cccnc2)C(=O)c2cccc(Cn3ccnc3C)c2)cc1. The number of imidazole rings is 1. The van der Waals surface area contributed by atoms with Gasteiger partial charge in [0.1, 0.15) is 11.6 Å². The maximum absolute atomic E-state index is 13.6. The highest BCUT2D eigenvalue weighted by Crippen LogP contribution is 2.23. The summed E-state index contributed by atoms with van der Waals surface area (Å²) in [5.41, 5.74) is 3.43. The van der Waals surface area contributed by atoms with Gasteiger partial charge in [0.2, 0.25) is 0 Å². The highest BCUT2D eigenvalue weighted by Gasteiger charge is 2.19. The molecule has 4 aromatic rings. The Morgan fingerprint density at radius 2 is 1.84 bits per heavy atom. The average Bonchev–Trinajstić information content (AvgIpc) is 3.22. The van der Waals surface area contributed by atoms with Crippen molar-refractivity contribution in [3.05, 3.63) is 108 Å². The number of methoxy groups -OCH3 is 1. The van der Waals surface area contributed by atoms with Crippen LogP contribution in [-0.2, 0) is 13.1 Å². The number of aromatic nitrogens is 3. The predicted octanol–water partition coefficient (Wildman–Crippen LogP) is 4.49. The molecule has 0 aliphatic carbocycles. The number of hydrogen-bond acceptors (Lipinski definition) is 4. The lowest BCUT2D eigenvalue weighted by Gasteiger charge is -2.23. The second-order valence-corrected chi connectivity index (χ2v) is 7.25. The van der Waals surface area contributed by atoms with Gasteiger partial charge in [-0.1, -0.05) is 18.2 Å². The first-order valence-corrected chi connectivity index (χ1v) is 10.1. The molecule has 6 heteroatoms. The van der Waals surface area contributed by atoms with Gasteiger partial charge in [0, 0.05) is 42.6 Å². The highest BCUT2D eigenvalue weighted by atomic mass is 16.5. The molecule has 156 valence electrons. The lowest BCUT2D eigenvalue weighted by Crippen LogP contribution is -2.30. The summed E-state index contributed by atoms with van der Waals surface area (Å²) < 4.78 is 7.32. The molecule has 2 heterocycles. The molecular formula is C25H24N4O2. The smallest absolute Gasteiger partial charge is 0.258 e. The molecule has 0 fully saturated rings. The molecule has 0 N–H and O–H groups in total. The summed E-state index contributed by atoms with van der Waals surface area (Å²) in [5, 5.41) is 0. The highest BCUT2D eigenvalue weighted by molar-refractivity contribution is 6.06. The Morgan fingerprint density at radius 1 is 1.03 bits per heavy atom. The molecule has 0 aliphatic rings. The van der Waals surface area contributed by atoms with Gasteiger partial charge >= 0.3 is 0 Å². The number of benzene rings is 2. The van der Waals surface area contributed by atoms with Crippen LogP contribution in [0, 0.1) is 6.92 Å². The molecule has 0 saturated carbocycles. The van der Waals surface area contributed by atoms with E-state index in [1.54, 1.807) is 30.6 Å². The third kappa shape index (κ3) is 4.80. The Bertz CT molecular complexity index is 1150. The predicted molar refractivity (Wildman–Crippen MR) is 120 cm³/mol. The van der Waals surface area contributed by atoms with E-state index in [0.29, 0.717) is 18.7 Å². The maximum atomic E-state index is 13.6. The molecule has 0 saturated heterocycles. The Labute approximate surface area is 181 Å². The zero-order chi connectivity index (χ0) is 21.6. The number of nitrogens with zero attached hydrogens (tertiary/aromatic N) is 4. The van der Waals surface area contributed by atoms with Crippen molar-refractivity contribution in [2.45, 2.75) is 20.0 Å². The van der Waals surface area contributed by atoms with E-state index in [1.165, 1.54) is 0 Å². The van der Waals surface area contributed by atoms with Gasteiger partial charge in [0.25, 0.3) is 5.91 Å². The lowest BCUT2D eigenvalue weighted by molar-refractivity contribution is 0.0985. The van der Waals surface area contributed by atoms with E-state index < -0.39 is 0 Å². The largest absolute Gasteiger partial charge is 0.497 e. The van der Waals surface area contributed by atoms with E-state index in [9.17, 15) is 4.79 Å². The van der Waals surface area contributed by atoms with E-state index in [1.807, 2.05) is 73.8 Å². The Kier molecular flexibility index (Phi) is 6.08. The Hall–Kier alpha value is -3.93. The second-order valence-electron chi connectivity index (χ2n) is 7.25. The molecule has 6 nitrogen and oxygen atoms in total. The van der Waals surface area contributed by atoms with E-state index in [0.717, 1.165) is 28.4 Å². The van der Waals surface area contributed by atoms with Crippen molar-refractivity contribution in [2.75, 3.05) is 12.0 Å². The number of rotatable bonds is 7. The zero-order valence-corrected chi connectivity index (χ0v) is 17.6. The van der Waals surface area contributed by atoms with Crippen LogP contribution < -0.4 is 9.64 Å². The van der Waals surface area contributed by atoms with Gasteiger partial charge in [-0.05, 0) is 60.5 Å². The van der Waals surface area contributed by atoms with Gasteiger partial charge in [-0.2, -0.15) is 0 Å². The van der Waals surface area contributed by atoms with Crippen LogP contribution >= 0.6 is 0 Å². The van der Waals surface area contributed by atoms with E-state index in [4.69, 9.17) is 4.74 Å². The number of carbonyl (C=O) groups is 1. The van der Waals surface area contributed by atoms with Crippen LogP contribution in [0.2, 0.25) is 0 Å². The topological polar surface area (TPSA) is 60.2 Å². The van der Waals surface area contributed by atoms with Gasteiger partial charge in [-0.15, -0.1) is 0 Å². The van der Waals surface area contributed by atoms with Crippen molar-refractivity contribution in [3.63, 3.8) is 0 Å². The fourth-order valence-electron chi connectivity index (χ4n) is 3.44. The second kappa shape index (κ2) is 9.26. The molecule has 2 aromatic heterocycles. The molecule has 31 heavy (non-hydrogen) atoms. The van der Waals surface area contributed by atoms with Crippen LogP contribution in [0.5, 0.6) is 5.75 Å². The first-order chi connectivity index (χ1) is 15.1. The summed E-state index contributed by atoms with van der Waals surface area (Å²) >= 11 is 0. The molecule has 0 radical (unpaired) electrons. The van der Waals surface area contributed by atoms with Gasteiger partial charge in [-0.25, -0.2) is 4.98 Å². The van der Waals surface area contributed by atoms with Crippen molar-refractivity contribution in [3.8, 4) is 5.75 Å². The number of ether oxygens (including phenoxy) is 1. The number of hydrogen-bond donors (Lipinski definition) is 0. The third-order valence-electron chi connectivity index (χ3n) is 5.14. The monoisotopic (exact) mass is 412 g/mol. The number of carbonyl (C=O) groups excluding carboxylic acids is 1. The summed E-state index contributed by atoms with van der Waals surface area (Å²) in [6.07, 6.45) is 7.23. The molecule has 0 spiro atoms. The van der Waals surface area contributed by atoms with E-state index >= 15 is 0 Å². The first kappa shape index (κ1) is 20.3. The van der Waals surface area contributed by atoms with E-state index in [-0.39, 0.29) is 5.91 Å². The van der Waals surface area contributed by atoms with Crippen LogP contribution in [0.15, 0.2) is 85.5 Å². The van der Waals surface area contributed by atoms with Crippen LogP contribution in [0.1, 0.15) is 27.3 Å². The molecule has 0 aliphatic heterocycles. The van der Waals surface area contributed by atoms with Crippen LogP contribution in [0.3, 0.4) is 0 Å². The van der Waals surface area contributed by atoms with Crippen molar-refractivity contribution >= 4 is 11.6 Å². The Morgan fingerprint density at radius 3 is 2.52 bits per heavy atom. The summed E-state index contributed by atoms with van der Waals surface area (Å²) in [6, 6.07) is 19.1. The number of amides is 1. The fraction of sp³-hybridized carbons (Fsp3) is 0.160. The molecule has 1 amide bonds. The van der Waals surface area contributed by atoms with E-state index in [2.05, 4.69) is 14.5 Å². The van der Waals surface area contributed by atoms with Crippen LogP contribution in [-0.4, -0.2) is 27.6 Å². The van der Waals surface area contributed by atoms with Crippen molar-refractivity contribution in [2.24, 2.45) is 0 Å². The van der Waals surface area contributed by atoms with Gasteiger partial charge < -0.3 is 14.2 Å². The minimum atomic E-state index is -0.0711. The first-order valence-electron chi connectivity index (χ1n) is 10.1. The molecule has 0 unspecified atom stereocenters. The average molecular weight is 412 g/mol. The Balaban J connectivity index is 1.64. The minimum absolute atomic E-state index is 0.0711. The molecule has 0 bridgehead atoms. The van der Waals surface area contributed by atoms with Gasteiger partial charge in [-0.3, -0.25) is 9.78 Å². The fourth-order valence-corrected chi connectivity index (χ4v) is 3.44. The molecule has 4 rings (SSSR count). The summed E-state index contributed by atoms with van der Waals surface area (Å²) in [6.45, 7) is 3.05. The summed E-state index contributed by atoms with van der Waals surface area (Å²) in [5.74, 6) is 1.61. The standard InChI is InChI=1S/C25H24N4O2/c1-19-27-13-14-28(19)17-20-5-3-7-22(15-20)25(30)29(18-21-6-4-12-26-16-21)23-8-10-24(31-2)11-9-23/h3-16H,17-18H2,1-2H3. The van der Waals surface area contributed by atoms with Crippen molar-refractivity contribution < 1.29 is 9.53 Å². The van der Waals surface area contributed by atoms with Crippen molar-refractivity contribution in [1.29, 1.82) is 0 Å². The summed E-state index contributed by atoms with van der Waals surface area (Å²) in [7, 11) is 1.63. The molecular weight excluding hydrogens is 388 g/mol. The maximum Gasteiger partial charge on any atom is 0.258 e. The van der Waals surface area contributed by atoms with Gasteiger partial charge in [0.05, 0.1) is 13.7 Å². The zero-order valence-electron chi connectivity index (χ0n) is 17.6.